The van der Waals surface area contributed by atoms with Crippen LogP contribution in [-0.4, -0.2) is 52.2 Å². The lowest BCUT2D eigenvalue weighted by Gasteiger charge is -2.38. The van der Waals surface area contributed by atoms with Gasteiger partial charge in [-0.1, -0.05) is 24.2 Å². The quantitative estimate of drug-likeness (QED) is 0.594. The third kappa shape index (κ3) is 4.36. The summed E-state index contributed by atoms with van der Waals surface area (Å²) in [4.78, 5) is 24.4. The van der Waals surface area contributed by atoms with Gasteiger partial charge in [-0.3, -0.25) is 4.79 Å². The Bertz CT molecular complexity index is 1020. The summed E-state index contributed by atoms with van der Waals surface area (Å²) in [5.41, 5.74) is 0.745. The summed E-state index contributed by atoms with van der Waals surface area (Å²) in [6.07, 6.45) is 4.92. The summed E-state index contributed by atoms with van der Waals surface area (Å²) in [6, 6.07) is 8.12. The number of nitrogens with zero attached hydrogens (tertiary/aromatic N) is 4. The van der Waals surface area contributed by atoms with E-state index in [0.717, 1.165) is 67.7 Å². The predicted molar refractivity (Wildman–Crippen MR) is 118 cm³/mol. The van der Waals surface area contributed by atoms with Crippen LogP contribution in [0.15, 0.2) is 28.8 Å². The number of aryl methyl sites for hydroxylation is 1. The monoisotopic (exact) mass is 440 g/mol. The number of piperidine rings is 1. The number of aromatic nitrogens is 3. The molecule has 2 fully saturated rings. The van der Waals surface area contributed by atoms with E-state index in [0.29, 0.717) is 19.4 Å². The van der Waals surface area contributed by atoms with Crippen LogP contribution >= 0.6 is 11.3 Å². The number of amides is 1. The van der Waals surface area contributed by atoms with E-state index in [2.05, 4.69) is 23.1 Å². The summed E-state index contributed by atoms with van der Waals surface area (Å²) in [7, 11) is 0. The third-order valence-corrected chi connectivity index (χ3v) is 7.59. The van der Waals surface area contributed by atoms with Gasteiger partial charge in [0.05, 0.1) is 15.2 Å². The standard InChI is InChI=1S/C23H28N4O3S/c1-23(22-25-21(30-26-22)16-9-13-29-14-10-16)11-4-12-27(15-23)20(28)8-7-19-24-17-5-2-3-6-18(17)31-19/h2-3,5-6,16H,4,7-15H2,1H3. The zero-order valence-corrected chi connectivity index (χ0v) is 18.7. The average molecular weight is 441 g/mol. The van der Waals surface area contributed by atoms with Gasteiger partial charge in [-0.25, -0.2) is 4.98 Å². The summed E-state index contributed by atoms with van der Waals surface area (Å²) >= 11 is 1.68. The molecule has 1 unspecified atom stereocenters. The molecule has 0 spiro atoms. The molecule has 0 bridgehead atoms. The smallest absolute Gasteiger partial charge is 0.229 e. The molecule has 4 heterocycles. The van der Waals surface area contributed by atoms with Crippen LogP contribution in [0.25, 0.3) is 10.2 Å². The highest BCUT2D eigenvalue weighted by Gasteiger charge is 2.39. The first-order valence-electron chi connectivity index (χ1n) is 11.1. The molecule has 2 aliphatic heterocycles. The van der Waals surface area contributed by atoms with E-state index < -0.39 is 0 Å². The Hall–Kier alpha value is -2.32. The number of rotatable bonds is 5. The molecule has 3 aromatic rings. The number of para-hydroxylation sites is 1. The van der Waals surface area contributed by atoms with E-state index in [1.807, 2.05) is 23.1 Å². The van der Waals surface area contributed by atoms with E-state index in [1.165, 1.54) is 4.70 Å². The van der Waals surface area contributed by atoms with Gasteiger partial charge in [-0.2, -0.15) is 4.98 Å². The van der Waals surface area contributed by atoms with Gasteiger partial charge in [-0.05, 0) is 37.8 Å². The number of hydrogen-bond donors (Lipinski definition) is 0. The molecule has 0 N–H and O–H groups in total. The van der Waals surface area contributed by atoms with Crippen LogP contribution in [0.5, 0.6) is 0 Å². The number of carbonyl (C=O) groups is 1. The van der Waals surface area contributed by atoms with Crippen molar-refractivity contribution in [2.75, 3.05) is 26.3 Å². The van der Waals surface area contributed by atoms with Crippen molar-refractivity contribution in [1.82, 2.24) is 20.0 Å². The highest BCUT2D eigenvalue weighted by atomic mass is 32.1. The van der Waals surface area contributed by atoms with Crippen molar-refractivity contribution >= 4 is 27.5 Å². The van der Waals surface area contributed by atoms with Gasteiger partial charge in [0.2, 0.25) is 11.8 Å². The van der Waals surface area contributed by atoms with Crippen molar-refractivity contribution in [3.05, 3.63) is 41.0 Å². The zero-order valence-electron chi connectivity index (χ0n) is 17.9. The minimum atomic E-state index is -0.267. The van der Waals surface area contributed by atoms with Crippen LogP contribution in [0, 0.1) is 0 Å². The maximum Gasteiger partial charge on any atom is 0.229 e. The number of ether oxygens (including phenoxy) is 1. The molecule has 0 saturated carbocycles. The molecule has 2 saturated heterocycles. The Morgan fingerprint density at radius 3 is 2.94 bits per heavy atom. The molecule has 5 rings (SSSR count). The van der Waals surface area contributed by atoms with E-state index in [9.17, 15) is 4.79 Å². The van der Waals surface area contributed by atoms with Crippen LogP contribution in [0.3, 0.4) is 0 Å². The van der Waals surface area contributed by atoms with E-state index >= 15 is 0 Å². The van der Waals surface area contributed by atoms with Gasteiger partial charge in [0, 0.05) is 50.5 Å². The van der Waals surface area contributed by atoms with Crippen LogP contribution < -0.4 is 0 Å². The lowest BCUT2D eigenvalue weighted by Crippen LogP contribution is -2.47. The summed E-state index contributed by atoms with van der Waals surface area (Å²) in [5, 5.41) is 5.35. The van der Waals surface area contributed by atoms with Gasteiger partial charge in [0.15, 0.2) is 5.82 Å². The Kier molecular flexibility index (Phi) is 5.75. The number of hydrogen-bond acceptors (Lipinski definition) is 7. The van der Waals surface area contributed by atoms with Gasteiger partial charge < -0.3 is 14.2 Å². The van der Waals surface area contributed by atoms with Gasteiger partial charge >= 0.3 is 0 Å². The Morgan fingerprint density at radius 2 is 2.10 bits per heavy atom. The van der Waals surface area contributed by atoms with E-state index in [1.54, 1.807) is 11.3 Å². The summed E-state index contributed by atoms with van der Waals surface area (Å²) in [6.45, 7) is 5.07. The zero-order chi connectivity index (χ0) is 21.3. The Balaban J connectivity index is 1.22. The van der Waals surface area contributed by atoms with E-state index in [-0.39, 0.29) is 17.2 Å². The number of carbonyl (C=O) groups excluding carboxylic acids is 1. The van der Waals surface area contributed by atoms with E-state index in [4.69, 9.17) is 14.2 Å². The molecule has 2 aromatic heterocycles. The average Bonchev–Trinajstić information content (AvgIpc) is 3.46. The number of benzene rings is 1. The minimum Gasteiger partial charge on any atom is -0.381 e. The van der Waals surface area contributed by atoms with Crippen LogP contribution in [0.2, 0.25) is 0 Å². The molecule has 31 heavy (non-hydrogen) atoms. The van der Waals surface area contributed by atoms with Gasteiger partial charge in [-0.15, -0.1) is 11.3 Å². The first-order chi connectivity index (χ1) is 15.1. The second kappa shape index (κ2) is 8.67. The second-order valence-corrected chi connectivity index (χ2v) is 10.0. The molecule has 1 aromatic carbocycles. The highest BCUT2D eigenvalue weighted by molar-refractivity contribution is 7.18. The molecule has 2 aliphatic rings. The molecular weight excluding hydrogens is 412 g/mol. The first-order valence-corrected chi connectivity index (χ1v) is 12.0. The molecule has 0 aliphatic carbocycles. The fourth-order valence-electron chi connectivity index (χ4n) is 4.62. The molecule has 1 amide bonds. The Morgan fingerprint density at radius 1 is 1.26 bits per heavy atom. The maximum atomic E-state index is 13.0. The first kappa shape index (κ1) is 20.6. The lowest BCUT2D eigenvalue weighted by molar-refractivity contribution is -0.133. The lowest BCUT2D eigenvalue weighted by atomic mass is 9.81. The maximum absolute atomic E-state index is 13.0. The van der Waals surface area contributed by atoms with Crippen LogP contribution in [0.1, 0.15) is 61.7 Å². The van der Waals surface area contributed by atoms with Gasteiger partial charge in [0.25, 0.3) is 0 Å². The topological polar surface area (TPSA) is 81.4 Å². The normalized spacial score (nSPS) is 22.8. The van der Waals surface area contributed by atoms with Crippen molar-refractivity contribution in [3.8, 4) is 0 Å². The van der Waals surface area contributed by atoms with Crippen molar-refractivity contribution in [2.45, 2.75) is 56.8 Å². The number of thiazole rings is 1. The summed E-state index contributed by atoms with van der Waals surface area (Å²) < 4.78 is 12.2. The summed E-state index contributed by atoms with van der Waals surface area (Å²) in [5.74, 6) is 1.92. The van der Waals surface area contributed by atoms with Gasteiger partial charge in [0.1, 0.15) is 0 Å². The predicted octanol–water partition coefficient (Wildman–Crippen LogP) is 4.09. The number of fused-ring (bicyclic) bond motifs is 1. The minimum absolute atomic E-state index is 0.179. The van der Waals surface area contributed by atoms with Crippen molar-refractivity contribution < 1.29 is 14.1 Å². The Labute approximate surface area is 185 Å². The van der Waals surface area contributed by atoms with Crippen molar-refractivity contribution in [2.24, 2.45) is 0 Å². The third-order valence-electron chi connectivity index (χ3n) is 6.49. The molecule has 8 heteroatoms. The molecule has 7 nitrogen and oxygen atoms in total. The molecule has 0 radical (unpaired) electrons. The highest BCUT2D eigenvalue weighted by Crippen LogP contribution is 2.34. The fourth-order valence-corrected chi connectivity index (χ4v) is 5.59. The van der Waals surface area contributed by atoms with Crippen LogP contribution in [-0.2, 0) is 21.4 Å². The second-order valence-electron chi connectivity index (χ2n) is 8.90. The largest absolute Gasteiger partial charge is 0.381 e. The molecular formula is C23H28N4O3S. The van der Waals surface area contributed by atoms with Crippen molar-refractivity contribution in [1.29, 1.82) is 0 Å². The fraction of sp³-hybridized carbons (Fsp3) is 0.565. The van der Waals surface area contributed by atoms with Crippen molar-refractivity contribution in [3.63, 3.8) is 0 Å². The SMILES string of the molecule is CC1(c2noc(C3CCOCC3)n2)CCCN(C(=O)CCc2nc3ccccc3s2)C1. The number of likely N-dealkylation sites (tertiary alicyclic amines) is 1. The molecule has 164 valence electrons. The molecule has 1 atom stereocenters. The van der Waals surface area contributed by atoms with Crippen LogP contribution in [0.4, 0.5) is 0 Å².